The van der Waals surface area contributed by atoms with Crippen molar-refractivity contribution in [2.24, 2.45) is 11.7 Å². The standard InChI is InChI=1S/C20H20FN3O2S/c21-14-4-2-1-3-13(14)17-15(23-19(27-17)10-5-6-10)20(26)24-12-8-7-11(9-12)16(24)18(22)25/h1-4,10-12,16H,5-9H2,(H2,22,25)/t11-,12+,16-/m0/s1. The monoisotopic (exact) mass is 385 g/mol. The van der Waals surface area contributed by atoms with E-state index in [2.05, 4.69) is 4.98 Å². The number of benzene rings is 1. The third kappa shape index (κ3) is 2.67. The van der Waals surface area contributed by atoms with E-state index in [0.717, 1.165) is 37.1 Å². The minimum atomic E-state index is -0.573. The molecule has 0 unspecified atom stereocenters. The Bertz CT molecular complexity index is 939. The lowest BCUT2D eigenvalue weighted by Crippen LogP contribution is -2.51. The lowest BCUT2D eigenvalue weighted by Gasteiger charge is -2.33. The first-order valence-corrected chi connectivity index (χ1v) is 10.2. The van der Waals surface area contributed by atoms with Crippen molar-refractivity contribution in [2.45, 2.75) is 50.1 Å². The number of hydrogen-bond acceptors (Lipinski definition) is 4. The minimum absolute atomic E-state index is 0.0274. The Hall–Kier alpha value is -2.28. The minimum Gasteiger partial charge on any atom is -0.368 e. The molecule has 2 saturated carbocycles. The van der Waals surface area contributed by atoms with Gasteiger partial charge in [0.25, 0.3) is 5.91 Å². The third-order valence-electron chi connectivity index (χ3n) is 6.00. The van der Waals surface area contributed by atoms with Gasteiger partial charge in [0.05, 0.1) is 9.88 Å². The van der Waals surface area contributed by atoms with E-state index in [1.165, 1.54) is 17.4 Å². The van der Waals surface area contributed by atoms with Crippen LogP contribution < -0.4 is 5.73 Å². The van der Waals surface area contributed by atoms with Gasteiger partial charge in [0.2, 0.25) is 5.91 Å². The first-order valence-electron chi connectivity index (χ1n) is 9.42. The van der Waals surface area contributed by atoms with Gasteiger partial charge in [-0.15, -0.1) is 11.3 Å². The van der Waals surface area contributed by atoms with Gasteiger partial charge >= 0.3 is 0 Å². The number of nitrogens with two attached hydrogens (primary N) is 1. The van der Waals surface area contributed by atoms with Crippen LogP contribution in [0, 0.1) is 11.7 Å². The molecule has 5 nitrogen and oxygen atoms in total. The van der Waals surface area contributed by atoms with Crippen LogP contribution >= 0.6 is 11.3 Å². The average Bonchev–Trinajstić information content (AvgIpc) is 3.10. The summed E-state index contributed by atoms with van der Waals surface area (Å²) in [6.07, 6.45) is 4.72. The molecule has 2 N–H and O–H groups in total. The molecule has 2 aromatic rings. The van der Waals surface area contributed by atoms with E-state index in [1.807, 2.05) is 0 Å². The van der Waals surface area contributed by atoms with Crippen molar-refractivity contribution in [3.8, 4) is 10.4 Å². The number of carbonyl (C=O) groups excluding carboxylic acids is 2. The zero-order chi connectivity index (χ0) is 18.7. The van der Waals surface area contributed by atoms with Gasteiger partial charge in [-0.05, 0) is 44.1 Å². The molecular formula is C20H20FN3O2S. The van der Waals surface area contributed by atoms with Gasteiger partial charge in [0, 0.05) is 17.5 Å². The van der Waals surface area contributed by atoms with E-state index in [1.54, 1.807) is 23.1 Å². The number of amides is 2. The van der Waals surface area contributed by atoms with Crippen molar-refractivity contribution >= 4 is 23.2 Å². The summed E-state index contributed by atoms with van der Waals surface area (Å²) in [5.74, 6) is -0.612. The van der Waals surface area contributed by atoms with Crippen molar-refractivity contribution < 1.29 is 14.0 Å². The topological polar surface area (TPSA) is 76.3 Å². The summed E-state index contributed by atoms with van der Waals surface area (Å²) in [7, 11) is 0. The summed E-state index contributed by atoms with van der Waals surface area (Å²) in [6.45, 7) is 0. The Balaban J connectivity index is 1.59. The predicted octanol–water partition coefficient (Wildman–Crippen LogP) is 3.31. The number of primary amides is 1. The molecule has 3 fully saturated rings. The Morgan fingerprint density at radius 2 is 1.96 bits per heavy atom. The summed E-state index contributed by atoms with van der Waals surface area (Å²) in [4.78, 5) is 32.3. The molecule has 0 spiro atoms. The van der Waals surface area contributed by atoms with E-state index < -0.39 is 11.9 Å². The van der Waals surface area contributed by atoms with Gasteiger partial charge in [0.1, 0.15) is 17.6 Å². The summed E-state index contributed by atoms with van der Waals surface area (Å²) < 4.78 is 14.5. The smallest absolute Gasteiger partial charge is 0.274 e. The summed E-state index contributed by atoms with van der Waals surface area (Å²) in [5, 5.41) is 0.886. The molecule has 3 aliphatic rings. The van der Waals surface area contributed by atoms with Crippen LogP contribution in [0.1, 0.15) is 53.5 Å². The number of thiazole rings is 1. The highest BCUT2D eigenvalue weighted by molar-refractivity contribution is 7.15. The zero-order valence-corrected chi connectivity index (χ0v) is 15.5. The molecule has 3 atom stereocenters. The number of piperidine rings is 1. The third-order valence-corrected chi connectivity index (χ3v) is 7.25. The second kappa shape index (κ2) is 6.12. The lowest BCUT2D eigenvalue weighted by molar-refractivity contribution is -0.123. The lowest BCUT2D eigenvalue weighted by atomic mass is 9.97. The Kier molecular flexibility index (Phi) is 3.82. The largest absolute Gasteiger partial charge is 0.368 e. The number of fused-ring (bicyclic) bond motifs is 2. The SMILES string of the molecule is NC(=O)[C@@H]1[C@H]2CC[C@H](C2)N1C(=O)c1nc(C2CC2)sc1-c1ccccc1F. The molecular weight excluding hydrogens is 365 g/mol. The fourth-order valence-electron chi connectivity index (χ4n) is 4.58. The van der Waals surface area contributed by atoms with Crippen LogP contribution in [0.15, 0.2) is 24.3 Å². The molecule has 2 heterocycles. The van der Waals surface area contributed by atoms with Crippen LogP contribution in [0.25, 0.3) is 10.4 Å². The first kappa shape index (κ1) is 16.9. The molecule has 2 amide bonds. The van der Waals surface area contributed by atoms with E-state index in [0.29, 0.717) is 16.4 Å². The normalized spacial score (nSPS) is 26.6. The molecule has 0 radical (unpaired) electrons. The molecule has 140 valence electrons. The van der Waals surface area contributed by atoms with Gasteiger partial charge in [0.15, 0.2) is 0 Å². The summed E-state index contributed by atoms with van der Waals surface area (Å²) in [6, 6.07) is 5.91. The Morgan fingerprint density at radius 1 is 1.19 bits per heavy atom. The van der Waals surface area contributed by atoms with E-state index in [9.17, 15) is 14.0 Å². The molecule has 1 saturated heterocycles. The molecule has 2 aliphatic carbocycles. The maximum atomic E-state index is 14.5. The molecule has 1 aromatic carbocycles. The van der Waals surface area contributed by atoms with E-state index >= 15 is 0 Å². The number of aromatic nitrogens is 1. The van der Waals surface area contributed by atoms with Crippen LogP contribution in [0.4, 0.5) is 4.39 Å². The highest BCUT2D eigenvalue weighted by atomic mass is 32.1. The van der Waals surface area contributed by atoms with E-state index in [4.69, 9.17) is 5.73 Å². The van der Waals surface area contributed by atoms with Crippen LogP contribution in [0.5, 0.6) is 0 Å². The van der Waals surface area contributed by atoms with Crippen molar-refractivity contribution in [2.75, 3.05) is 0 Å². The number of halogens is 1. The fraction of sp³-hybridized carbons (Fsp3) is 0.450. The molecule has 5 rings (SSSR count). The second-order valence-electron chi connectivity index (χ2n) is 7.77. The van der Waals surface area contributed by atoms with E-state index in [-0.39, 0.29) is 29.4 Å². The summed E-state index contributed by atoms with van der Waals surface area (Å²) >= 11 is 1.40. The first-order chi connectivity index (χ1) is 13.0. The number of nitrogens with zero attached hydrogens (tertiary/aromatic N) is 2. The van der Waals surface area contributed by atoms with Crippen LogP contribution in [-0.4, -0.2) is 33.8 Å². The molecule has 7 heteroatoms. The average molecular weight is 385 g/mol. The van der Waals surface area contributed by atoms with Crippen LogP contribution in [0.3, 0.4) is 0 Å². The van der Waals surface area contributed by atoms with Gasteiger partial charge in [-0.1, -0.05) is 18.2 Å². The molecule has 1 aromatic heterocycles. The maximum absolute atomic E-state index is 14.5. The zero-order valence-electron chi connectivity index (χ0n) is 14.7. The van der Waals surface area contributed by atoms with Crippen LogP contribution in [0.2, 0.25) is 0 Å². The van der Waals surface area contributed by atoms with Crippen molar-refractivity contribution in [1.29, 1.82) is 0 Å². The van der Waals surface area contributed by atoms with Gasteiger partial charge < -0.3 is 10.6 Å². The Morgan fingerprint density at radius 3 is 2.67 bits per heavy atom. The highest BCUT2D eigenvalue weighted by Crippen LogP contribution is 2.47. The van der Waals surface area contributed by atoms with Crippen molar-refractivity contribution in [3.63, 3.8) is 0 Å². The Labute approximate surface area is 160 Å². The van der Waals surface area contributed by atoms with Gasteiger partial charge in [-0.3, -0.25) is 9.59 Å². The van der Waals surface area contributed by atoms with Crippen molar-refractivity contribution in [1.82, 2.24) is 9.88 Å². The number of carbonyl (C=O) groups is 2. The number of hydrogen-bond donors (Lipinski definition) is 1. The quantitative estimate of drug-likeness (QED) is 0.877. The second-order valence-corrected chi connectivity index (χ2v) is 8.80. The highest BCUT2D eigenvalue weighted by Gasteiger charge is 2.51. The predicted molar refractivity (Wildman–Crippen MR) is 99.8 cm³/mol. The fourth-order valence-corrected chi connectivity index (χ4v) is 5.84. The van der Waals surface area contributed by atoms with Crippen LogP contribution in [-0.2, 0) is 4.79 Å². The van der Waals surface area contributed by atoms with Gasteiger partial charge in [-0.2, -0.15) is 0 Å². The number of rotatable bonds is 4. The van der Waals surface area contributed by atoms with Crippen molar-refractivity contribution in [3.05, 3.63) is 40.8 Å². The summed E-state index contributed by atoms with van der Waals surface area (Å²) in [5.41, 5.74) is 6.28. The molecule has 27 heavy (non-hydrogen) atoms. The number of likely N-dealkylation sites (tertiary alicyclic amines) is 1. The van der Waals surface area contributed by atoms with Gasteiger partial charge in [-0.25, -0.2) is 9.37 Å². The molecule has 1 aliphatic heterocycles. The molecule has 2 bridgehead atoms. The maximum Gasteiger partial charge on any atom is 0.274 e.